The molecule has 0 saturated carbocycles. The van der Waals surface area contributed by atoms with E-state index in [1.807, 2.05) is 0 Å². The Labute approximate surface area is 222 Å². The van der Waals surface area contributed by atoms with E-state index in [9.17, 15) is 9.59 Å². The number of nitrogens with one attached hydrogen (secondary N) is 1. The molecule has 5 nitrogen and oxygen atoms in total. The number of hydrogen-bond donors (Lipinski definition) is 2. The van der Waals surface area contributed by atoms with Gasteiger partial charge in [-0.15, -0.1) is 23.5 Å². The number of carbonyl (C=O) groups is 2. The molecule has 3 aromatic rings. The molecule has 0 spiro atoms. The SMILES string of the molecule is Cc1ccc(SCC(CSc2ccc(C)cc2)C(=O)c2ccc(C(=O)NCCOCCO)cc2)cc1. The highest BCUT2D eigenvalue weighted by molar-refractivity contribution is 8.00. The molecule has 0 radical (unpaired) electrons. The van der Waals surface area contributed by atoms with Crippen LogP contribution in [0, 0.1) is 19.8 Å². The number of carbonyl (C=O) groups excluding carboxylic acids is 2. The number of hydrogen-bond acceptors (Lipinski definition) is 6. The highest BCUT2D eigenvalue weighted by Crippen LogP contribution is 2.28. The van der Waals surface area contributed by atoms with Crippen LogP contribution in [0.4, 0.5) is 0 Å². The summed E-state index contributed by atoms with van der Waals surface area (Å²) in [4.78, 5) is 28.1. The minimum absolute atomic E-state index is 0.0442. The average Bonchev–Trinajstić information content (AvgIpc) is 2.90. The van der Waals surface area contributed by atoms with Gasteiger partial charge in [0, 0.05) is 44.9 Å². The van der Waals surface area contributed by atoms with Gasteiger partial charge in [0.25, 0.3) is 5.91 Å². The summed E-state index contributed by atoms with van der Waals surface area (Å²) >= 11 is 3.39. The number of Topliss-reactive ketones (excluding diaryl/α,β-unsaturated/α-hetero) is 1. The lowest BCUT2D eigenvalue weighted by atomic mass is 9.99. The smallest absolute Gasteiger partial charge is 0.251 e. The lowest BCUT2D eigenvalue weighted by Crippen LogP contribution is -2.27. The largest absolute Gasteiger partial charge is 0.394 e. The Bertz CT molecular complexity index is 1050. The minimum Gasteiger partial charge on any atom is -0.394 e. The fourth-order valence-electron chi connectivity index (χ4n) is 3.39. The van der Waals surface area contributed by atoms with Gasteiger partial charge in [0.05, 0.1) is 19.8 Å². The average molecular weight is 524 g/mol. The van der Waals surface area contributed by atoms with Gasteiger partial charge in [0.1, 0.15) is 0 Å². The van der Waals surface area contributed by atoms with E-state index < -0.39 is 0 Å². The Morgan fingerprint density at radius 3 is 1.78 bits per heavy atom. The molecule has 0 saturated heterocycles. The van der Waals surface area contributed by atoms with Crippen LogP contribution >= 0.6 is 23.5 Å². The van der Waals surface area contributed by atoms with E-state index in [1.165, 1.54) is 11.1 Å². The maximum absolute atomic E-state index is 13.5. The monoisotopic (exact) mass is 523 g/mol. The number of ether oxygens (including phenoxy) is 1. The first-order chi connectivity index (χ1) is 17.5. The Hall–Kier alpha value is -2.58. The number of aliphatic hydroxyl groups is 1. The van der Waals surface area contributed by atoms with Gasteiger partial charge in [0.2, 0.25) is 0 Å². The predicted octanol–water partition coefficient (Wildman–Crippen LogP) is 5.43. The lowest BCUT2D eigenvalue weighted by Gasteiger charge is -2.16. The third kappa shape index (κ3) is 9.13. The van der Waals surface area contributed by atoms with E-state index >= 15 is 0 Å². The van der Waals surface area contributed by atoms with Crippen LogP contribution < -0.4 is 5.32 Å². The molecule has 0 unspecified atom stereocenters. The quantitative estimate of drug-likeness (QED) is 0.167. The van der Waals surface area contributed by atoms with Gasteiger partial charge in [-0.1, -0.05) is 47.5 Å². The van der Waals surface area contributed by atoms with Crippen LogP contribution in [0.2, 0.25) is 0 Å². The zero-order valence-corrected chi connectivity index (χ0v) is 22.4. The van der Waals surface area contributed by atoms with Gasteiger partial charge in [-0.25, -0.2) is 0 Å². The molecule has 190 valence electrons. The number of thioether (sulfide) groups is 2. The van der Waals surface area contributed by atoms with Crippen LogP contribution in [0.15, 0.2) is 82.6 Å². The molecule has 7 heteroatoms. The van der Waals surface area contributed by atoms with E-state index in [1.54, 1.807) is 47.8 Å². The van der Waals surface area contributed by atoms with Crippen LogP contribution in [0.5, 0.6) is 0 Å². The van der Waals surface area contributed by atoms with Gasteiger partial charge < -0.3 is 15.2 Å². The number of aryl methyl sites for hydroxylation is 2. The molecule has 0 aromatic heterocycles. The minimum atomic E-state index is -0.219. The van der Waals surface area contributed by atoms with Crippen molar-refractivity contribution in [2.24, 2.45) is 5.92 Å². The van der Waals surface area contributed by atoms with E-state index in [2.05, 4.69) is 67.7 Å². The van der Waals surface area contributed by atoms with Crippen molar-refractivity contribution >= 4 is 35.2 Å². The second kappa shape index (κ2) is 14.9. The lowest BCUT2D eigenvalue weighted by molar-refractivity contribution is 0.0837. The summed E-state index contributed by atoms with van der Waals surface area (Å²) in [5.41, 5.74) is 3.53. The highest BCUT2D eigenvalue weighted by atomic mass is 32.2. The number of rotatable bonds is 14. The summed E-state index contributed by atoms with van der Waals surface area (Å²) in [7, 11) is 0. The van der Waals surface area contributed by atoms with Crippen molar-refractivity contribution in [3.8, 4) is 0 Å². The Morgan fingerprint density at radius 1 is 0.778 bits per heavy atom. The Balaban J connectivity index is 1.64. The first kappa shape index (κ1) is 28.0. The Kier molecular flexibility index (Phi) is 11.6. The van der Waals surface area contributed by atoms with Crippen molar-refractivity contribution in [2.75, 3.05) is 37.9 Å². The summed E-state index contributed by atoms with van der Waals surface area (Å²) in [6.45, 7) is 5.02. The van der Waals surface area contributed by atoms with E-state index in [4.69, 9.17) is 9.84 Å². The Morgan fingerprint density at radius 2 is 1.28 bits per heavy atom. The fraction of sp³-hybridized carbons (Fsp3) is 0.310. The van der Waals surface area contributed by atoms with Crippen LogP contribution in [0.3, 0.4) is 0 Å². The van der Waals surface area contributed by atoms with Crippen LogP contribution in [0.1, 0.15) is 31.8 Å². The highest BCUT2D eigenvalue weighted by Gasteiger charge is 2.21. The first-order valence-corrected chi connectivity index (χ1v) is 13.9. The molecular formula is C29H33NO4S2. The zero-order chi connectivity index (χ0) is 25.8. The topological polar surface area (TPSA) is 75.6 Å². The van der Waals surface area contributed by atoms with Gasteiger partial charge in [-0.05, 0) is 50.2 Å². The van der Waals surface area contributed by atoms with E-state index in [0.29, 0.717) is 35.8 Å². The first-order valence-electron chi connectivity index (χ1n) is 12.0. The van der Waals surface area contributed by atoms with Crippen molar-refractivity contribution in [2.45, 2.75) is 23.6 Å². The summed E-state index contributed by atoms with van der Waals surface area (Å²) in [6.07, 6.45) is 0. The van der Waals surface area contributed by atoms with Crippen molar-refractivity contribution < 1.29 is 19.4 Å². The van der Waals surface area contributed by atoms with Crippen molar-refractivity contribution in [1.82, 2.24) is 5.32 Å². The molecule has 1 amide bonds. The second-order valence-electron chi connectivity index (χ2n) is 8.48. The number of aliphatic hydroxyl groups excluding tert-OH is 1. The summed E-state index contributed by atoms with van der Waals surface area (Å²) < 4.78 is 5.15. The fourth-order valence-corrected chi connectivity index (χ4v) is 5.52. The van der Waals surface area contributed by atoms with Crippen LogP contribution in [-0.4, -0.2) is 54.7 Å². The normalized spacial score (nSPS) is 11.0. The van der Waals surface area contributed by atoms with Gasteiger partial charge in [0.15, 0.2) is 5.78 Å². The molecule has 0 fully saturated rings. The van der Waals surface area contributed by atoms with Crippen LogP contribution in [-0.2, 0) is 4.74 Å². The number of ketones is 1. The zero-order valence-electron chi connectivity index (χ0n) is 20.7. The van der Waals surface area contributed by atoms with Crippen LogP contribution in [0.25, 0.3) is 0 Å². The summed E-state index contributed by atoms with van der Waals surface area (Å²) in [5, 5.41) is 11.5. The molecule has 3 aromatic carbocycles. The maximum atomic E-state index is 13.5. The third-order valence-electron chi connectivity index (χ3n) is 5.51. The molecule has 0 aliphatic carbocycles. The molecule has 36 heavy (non-hydrogen) atoms. The van der Waals surface area contributed by atoms with E-state index in [0.717, 1.165) is 9.79 Å². The van der Waals surface area contributed by atoms with Crippen molar-refractivity contribution in [3.05, 3.63) is 95.1 Å². The standard InChI is InChI=1S/C29H33NO4S2/c1-21-3-11-26(12-4-21)35-19-25(20-36-27-13-5-22(2)6-14-27)28(32)23-7-9-24(10-8-23)29(33)30-15-17-34-18-16-31/h3-14,25,31H,15-20H2,1-2H3,(H,30,33). The summed E-state index contributed by atoms with van der Waals surface area (Å²) in [5.74, 6) is 1.04. The summed E-state index contributed by atoms with van der Waals surface area (Å²) in [6, 6.07) is 23.6. The predicted molar refractivity (Wildman–Crippen MR) is 148 cm³/mol. The van der Waals surface area contributed by atoms with Gasteiger partial charge in [-0.3, -0.25) is 9.59 Å². The molecule has 0 heterocycles. The number of amides is 1. The van der Waals surface area contributed by atoms with Crippen molar-refractivity contribution in [3.63, 3.8) is 0 Å². The maximum Gasteiger partial charge on any atom is 0.251 e. The van der Waals surface area contributed by atoms with E-state index in [-0.39, 0.29) is 30.8 Å². The number of benzene rings is 3. The molecule has 0 atom stereocenters. The second-order valence-corrected chi connectivity index (χ2v) is 10.7. The molecule has 0 aliphatic heterocycles. The third-order valence-corrected chi connectivity index (χ3v) is 7.86. The molecule has 2 N–H and O–H groups in total. The molecule has 3 rings (SSSR count). The van der Waals surface area contributed by atoms with Gasteiger partial charge >= 0.3 is 0 Å². The van der Waals surface area contributed by atoms with Crippen molar-refractivity contribution in [1.29, 1.82) is 0 Å². The van der Waals surface area contributed by atoms with Gasteiger partial charge in [-0.2, -0.15) is 0 Å². The molecular weight excluding hydrogens is 490 g/mol. The molecule has 0 aliphatic rings. The molecule has 0 bridgehead atoms.